The molecule has 0 aromatic rings. The molecule has 0 aliphatic carbocycles. The zero-order valence-electron chi connectivity index (χ0n) is 44.3. The number of rotatable bonds is 57. The lowest BCUT2D eigenvalue weighted by Gasteiger charge is -2.20. The molecule has 17 heteroatoms. The predicted octanol–water partition coefficient (Wildman–Crippen LogP) is 12.1. The molecular weight excluding hydrogens is 922 g/mol. The van der Waals surface area contributed by atoms with E-state index < -0.39 is 38.4 Å². The number of amides is 1. The highest BCUT2D eigenvalue weighted by Crippen LogP contribution is 2.43. The number of phosphoric acid groups is 1. The van der Waals surface area contributed by atoms with E-state index in [0.717, 1.165) is 38.5 Å². The number of hydrogen-bond acceptors (Lipinski definition) is 13. The third kappa shape index (κ3) is 53.6. The molecule has 0 aliphatic rings. The van der Waals surface area contributed by atoms with Gasteiger partial charge in [-0.05, 0) is 12.8 Å². The maximum absolute atomic E-state index is 12.8. The monoisotopic (exact) mass is 1020 g/mol. The largest absolute Gasteiger partial charge is 0.481 e. The van der Waals surface area contributed by atoms with Gasteiger partial charge >= 0.3 is 25.7 Å². The number of hydrogen-bond donors (Lipinski definition) is 3. The summed E-state index contributed by atoms with van der Waals surface area (Å²) < 4.78 is 55.2. The first kappa shape index (κ1) is 67.8. The van der Waals surface area contributed by atoms with Crippen LogP contribution in [0.3, 0.4) is 0 Å². The van der Waals surface area contributed by atoms with Crippen LogP contribution in [-0.2, 0) is 61.2 Å². The van der Waals surface area contributed by atoms with E-state index >= 15 is 0 Å². The van der Waals surface area contributed by atoms with Crippen molar-refractivity contribution in [2.45, 2.75) is 238 Å². The smallest absolute Gasteiger partial charge is 0.472 e. The molecule has 0 aliphatic heterocycles. The average molecular weight is 1020 g/mol. The Bertz CT molecular complexity index is 1250. The molecule has 1 unspecified atom stereocenters. The minimum atomic E-state index is -4.61. The summed E-state index contributed by atoms with van der Waals surface area (Å²) in [6, 6.07) is 0. The van der Waals surface area contributed by atoms with Crippen LogP contribution < -0.4 is 5.32 Å². The van der Waals surface area contributed by atoms with E-state index in [1.807, 2.05) is 0 Å². The average Bonchev–Trinajstić information content (AvgIpc) is 3.33. The van der Waals surface area contributed by atoms with Crippen molar-refractivity contribution in [1.29, 1.82) is 0 Å². The fraction of sp³-hybridized carbons (Fsp3) is 0.925. The molecule has 70 heavy (non-hydrogen) atoms. The number of nitrogens with one attached hydrogen (secondary N) is 1. The van der Waals surface area contributed by atoms with Gasteiger partial charge in [0.2, 0.25) is 5.91 Å². The van der Waals surface area contributed by atoms with Crippen molar-refractivity contribution in [1.82, 2.24) is 5.32 Å². The number of phosphoric ester groups is 1. The molecule has 414 valence electrons. The number of carboxylic acids is 1. The lowest BCUT2D eigenvalue weighted by atomic mass is 10.0. The number of carbonyl (C=O) groups is 4. The Morgan fingerprint density at radius 3 is 1.19 bits per heavy atom. The molecule has 1 amide bonds. The summed E-state index contributed by atoms with van der Waals surface area (Å²) in [6.45, 7) is 5.48. The predicted molar refractivity (Wildman–Crippen MR) is 275 cm³/mol. The fourth-order valence-corrected chi connectivity index (χ4v) is 8.39. The molecule has 0 aromatic carbocycles. The molecule has 3 N–H and O–H groups in total. The minimum absolute atomic E-state index is 0.0494. The minimum Gasteiger partial charge on any atom is -0.481 e. The van der Waals surface area contributed by atoms with Crippen LogP contribution in [0.2, 0.25) is 0 Å². The Balaban J connectivity index is 4.46. The molecule has 0 saturated carbocycles. The van der Waals surface area contributed by atoms with E-state index in [9.17, 15) is 28.6 Å². The summed E-state index contributed by atoms with van der Waals surface area (Å²) in [6.07, 6.45) is 35.9. The van der Waals surface area contributed by atoms with E-state index in [1.54, 1.807) is 0 Å². The number of carbonyl (C=O) groups excluding carboxylic acids is 3. The molecule has 0 heterocycles. The Kier molecular flexibility index (Phi) is 51.5. The van der Waals surface area contributed by atoms with E-state index in [-0.39, 0.29) is 71.2 Å². The molecule has 0 spiro atoms. The van der Waals surface area contributed by atoms with Gasteiger partial charge < -0.3 is 43.7 Å². The number of aliphatic carboxylic acids is 1. The second-order valence-electron chi connectivity index (χ2n) is 18.5. The van der Waals surface area contributed by atoms with E-state index in [2.05, 4.69) is 19.2 Å². The van der Waals surface area contributed by atoms with Gasteiger partial charge in [0.25, 0.3) is 0 Å². The Labute approximate surface area is 424 Å². The van der Waals surface area contributed by atoms with Crippen LogP contribution in [0.5, 0.6) is 0 Å². The molecule has 0 aromatic heterocycles. The summed E-state index contributed by atoms with van der Waals surface area (Å²) in [5.41, 5.74) is 0. The van der Waals surface area contributed by atoms with Gasteiger partial charge in [-0.3, -0.25) is 28.2 Å². The second kappa shape index (κ2) is 53.1. The van der Waals surface area contributed by atoms with Gasteiger partial charge in [0.15, 0.2) is 6.10 Å². The molecule has 0 rings (SSSR count). The number of ether oxygens (including phenoxy) is 6. The Morgan fingerprint density at radius 2 is 0.786 bits per heavy atom. The van der Waals surface area contributed by atoms with Crippen LogP contribution in [-0.4, -0.2) is 119 Å². The normalized spacial score (nSPS) is 12.7. The molecular formula is C53H102NO15P. The first-order valence-corrected chi connectivity index (χ1v) is 29.4. The van der Waals surface area contributed by atoms with E-state index in [1.165, 1.54) is 141 Å². The third-order valence-electron chi connectivity index (χ3n) is 11.8. The van der Waals surface area contributed by atoms with Gasteiger partial charge in [-0.15, -0.1) is 0 Å². The van der Waals surface area contributed by atoms with Crippen LogP contribution >= 0.6 is 7.82 Å². The fourth-order valence-electron chi connectivity index (χ4n) is 7.64. The maximum Gasteiger partial charge on any atom is 0.472 e. The Morgan fingerprint density at radius 1 is 0.429 bits per heavy atom. The Hall–Kier alpha value is -2.17. The summed E-state index contributed by atoms with van der Waals surface area (Å²) >= 11 is 0. The SMILES string of the molecule is CCCCCCCCCCCCCCCCCC(=O)OC[C@H](COP(=O)(O)OCCNC(=O)CCOCCOCCOCCOCCC(=O)O)OC(=O)CCCCCCCCCCCCCCCCC. The van der Waals surface area contributed by atoms with Crippen molar-refractivity contribution in [3.8, 4) is 0 Å². The first-order valence-electron chi connectivity index (χ1n) is 27.9. The van der Waals surface area contributed by atoms with Gasteiger partial charge in [0.05, 0.1) is 72.5 Å². The van der Waals surface area contributed by atoms with Gasteiger partial charge in [-0.2, -0.15) is 0 Å². The molecule has 2 atom stereocenters. The quantitative estimate of drug-likeness (QED) is 0.0294. The molecule has 0 radical (unpaired) electrons. The first-order chi connectivity index (χ1) is 34.1. The molecule has 0 bridgehead atoms. The van der Waals surface area contributed by atoms with Gasteiger partial charge in [0.1, 0.15) is 6.61 Å². The van der Waals surface area contributed by atoms with Crippen molar-refractivity contribution < 1.29 is 71.2 Å². The van der Waals surface area contributed by atoms with Crippen LogP contribution in [0, 0.1) is 0 Å². The lowest BCUT2D eigenvalue weighted by Crippen LogP contribution is -2.30. The summed E-state index contributed by atoms with van der Waals surface area (Å²) in [7, 11) is -4.61. The zero-order valence-corrected chi connectivity index (χ0v) is 45.1. The van der Waals surface area contributed by atoms with Gasteiger partial charge in [0, 0.05) is 25.8 Å². The number of esters is 2. The molecule has 0 fully saturated rings. The maximum atomic E-state index is 12.8. The lowest BCUT2D eigenvalue weighted by molar-refractivity contribution is -0.161. The topological polar surface area (TPSA) is 212 Å². The van der Waals surface area contributed by atoms with Crippen LogP contribution in [0.15, 0.2) is 0 Å². The third-order valence-corrected chi connectivity index (χ3v) is 12.8. The number of unbranched alkanes of at least 4 members (excludes halogenated alkanes) is 28. The van der Waals surface area contributed by atoms with Crippen LogP contribution in [0.1, 0.15) is 232 Å². The van der Waals surface area contributed by atoms with Crippen LogP contribution in [0.25, 0.3) is 0 Å². The highest BCUT2D eigenvalue weighted by atomic mass is 31.2. The van der Waals surface area contributed by atoms with E-state index in [4.69, 9.17) is 42.6 Å². The number of carboxylic acid groups (broad SMARTS) is 1. The van der Waals surface area contributed by atoms with Crippen molar-refractivity contribution in [2.24, 2.45) is 0 Å². The molecule has 16 nitrogen and oxygen atoms in total. The van der Waals surface area contributed by atoms with Crippen molar-refractivity contribution in [3.63, 3.8) is 0 Å². The standard InChI is InChI=1S/C53H102NO15P/c1-3-5-7-9-11-13-15-17-19-21-23-25-27-29-31-33-52(58)66-47-49(69-53(59)34-32-30-28-26-24-22-20-18-16-14-12-10-8-6-4-2)48-68-70(60,61)67-40-37-54-50(55)35-38-62-41-43-64-45-46-65-44-42-63-39-36-51(56)57/h49H,3-48H2,1-2H3,(H,54,55)(H,56,57)(H,60,61)/t49-/m1/s1. The van der Waals surface area contributed by atoms with Crippen LogP contribution in [0.4, 0.5) is 0 Å². The van der Waals surface area contributed by atoms with Gasteiger partial charge in [-0.1, -0.05) is 194 Å². The second-order valence-corrected chi connectivity index (χ2v) is 19.9. The molecule has 0 saturated heterocycles. The van der Waals surface area contributed by atoms with E-state index in [0.29, 0.717) is 45.9 Å². The summed E-state index contributed by atoms with van der Waals surface area (Å²) in [5.74, 6) is -2.17. The van der Waals surface area contributed by atoms with Crippen molar-refractivity contribution >= 4 is 31.6 Å². The highest BCUT2D eigenvalue weighted by molar-refractivity contribution is 7.47. The summed E-state index contributed by atoms with van der Waals surface area (Å²) in [4.78, 5) is 58.4. The summed E-state index contributed by atoms with van der Waals surface area (Å²) in [5, 5.41) is 11.1. The van der Waals surface area contributed by atoms with Crippen molar-refractivity contribution in [3.05, 3.63) is 0 Å². The van der Waals surface area contributed by atoms with Gasteiger partial charge in [-0.25, -0.2) is 4.57 Å². The highest BCUT2D eigenvalue weighted by Gasteiger charge is 2.26. The van der Waals surface area contributed by atoms with Crippen molar-refractivity contribution in [2.75, 3.05) is 79.2 Å². The zero-order chi connectivity index (χ0) is 51.3.